The minimum absolute atomic E-state index is 0.136. The molecule has 1 fully saturated rings. The van der Waals surface area contributed by atoms with Crippen LogP contribution >= 0.6 is 0 Å². The fourth-order valence-corrected chi connectivity index (χ4v) is 2.48. The van der Waals surface area contributed by atoms with E-state index in [1.54, 1.807) is 17.1 Å². The minimum Gasteiger partial charge on any atom is -0.488 e. The van der Waals surface area contributed by atoms with Crippen molar-refractivity contribution in [1.29, 1.82) is 0 Å². The first-order valence-corrected chi connectivity index (χ1v) is 6.87. The highest BCUT2D eigenvalue weighted by Crippen LogP contribution is 2.24. The van der Waals surface area contributed by atoms with Gasteiger partial charge in [-0.2, -0.15) is 5.10 Å². The lowest BCUT2D eigenvalue weighted by atomic mass is 9.86. The van der Waals surface area contributed by atoms with Crippen LogP contribution in [0.1, 0.15) is 46.0 Å². The molecule has 100 valence electrons. The van der Waals surface area contributed by atoms with Crippen LogP contribution in [0.3, 0.4) is 0 Å². The standard InChI is InChI=1S/C14H22N2O2/c1-11(2)18-13-8-15-16(9-13)10-14(17)12-6-4-3-5-7-12/h8-9,11-12H,3-7,10H2,1-2H3. The molecule has 0 bridgehead atoms. The van der Waals surface area contributed by atoms with Gasteiger partial charge in [0.1, 0.15) is 0 Å². The third-order valence-electron chi connectivity index (χ3n) is 3.36. The van der Waals surface area contributed by atoms with E-state index in [0.717, 1.165) is 18.6 Å². The number of ether oxygens (including phenoxy) is 1. The molecule has 0 unspecified atom stereocenters. The van der Waals surface area contributed by atoms with Crippen LogP contribution in [0.15, 0.2) is 12.4 Å². The first-order chi connectivity index (χ1) is 8.65. The van der Waals surface area contributed by atoms with Crippen LogP contribution in [0.25, 0.3) is 0 Å². The Bertz CT molecular complexity index is 392. The van der Waals surface area contributed by atoms with Gasteiger partial charge >= 0.3 is 0 Å². The predicted octanol–water partition coefficient (Wildman–Crippen LogP) is 2.82. The van der Waals surface area contributed by atoms with E-state index in [-0.39, 0.29) is 12.0 Å². The van der Waals surface area contributed by atoms with Crippen molar-refractivity contribution < 1.29 is 9.53 Å². The van der Waals surface area contributed by atoms with Gasteiger partial charge in [-0.05, 0) is 26.7 Å². The lowest BCUT2D eigenvalue weighted by molar-refractivity contribution is -0.124. The summed E-state index contributed by atoms with van der Waals surface area (Å²) >= 11 is 0. The Kier molecular flexibility index (Phi) is 4.39. The van der Waals surface area contributed by atoms with E-state index in [1.807, 2.05) is 13.8 Å². The van der Waals surface area contributed by atoms with Crippen molar-refractivity contribution in [2.24, 2.45) is 5.92 Å². The Hall–Kier alpha value is -1.32. The molecular weight excluding hydrogens is 228 g/mol. The molecule has 1 saturated carbocycles. The first kappa shape index (κ1) is 13.1. The zero-order valence-electron chi connectivity index (χ0n) is 11.3. The van der Waals surface area contributed by atoms with Crippen molar-refractivity contribution in [3.63, 3.8) is 0 Å². The molecule has 0 saturated heterocycles. The van der Waals surface area contributed by atoms with Gasteiger partial charge in [-0.15, -0.1) is 0 Å². The molecule has 2 rings (SSSR count). The molecule has 0 spiro atoms. The second-order valence-electron chi connectivity index (χ2n) is 5.34. The molecule has 0 amide bonds. The normalized spacial score (nSPS) is 17.1. The minimum atomic E-state index is 0.136. The molecule has 0 radical (unpaired) electrons. The quantitative estimate of drug-likeness (QED) is 0.807. The lowest BCUT2D eigenvalue weighted by Crippen LogP contribution is -2.22. The van der Waals surface area contributed by atoms with Gasteiger partial charge in [0, 0.05) is 5.92 Å². The fraction of sp³-hybridized carbons (Fsp3) is 0.714. The monoisotopic (exact) mass is 250 g/mol. The molecule has 0 aromatic carbocycles. The van der Waals surface area contributed by atoms with Crippen LogP contribution in [0.4, 0.5) is 0 Å². The maximum absolute atomic E-state index is 12.1. The van der Waals surface area contributed by atoms with E-state index in [9.17, 15) is 4.79 Å². The molecule has 1 aromatic rings. The molecule has 1 aliphatic rings. The number of ketones is 1. The summed E-state index contributed by atoms with van der Waals surface area (Å²) in [4.78, 5) is 12.1. The van der Waals surface area contributed by atoms with Crippen molar-refractivity contribution in [1.82, 2.24) is 9.78 Å². The van der Waals surface area contributed by atoms with Crippen molar-refractivity contribution in [2.75, 3.05) is 0 Å². The van der Waals surface area contributed by atoms with E-state index in [0.29, 0.717) is 12.3 Å². The number of hydrogen-bond acceptors (Lipinski definition) is 3. The summed E-state index contributed by atoms with van der Waals surface area (Å²) in [7, 11) is 0. The first-order valence-electron chi connectivity index (χ1n) is 6.87. The number of rotatable bonds is 5. The number of Topliss-reactive ketones (excluding diaryl/α,β-unsaturated/α-hetero) is 1. The Morgan fingerprint density at radius 3 is 2.83 bits per heavy atom. The molecule has 4 heteroatoms. The zero-order chi connectivity index (χ0) is 13.0. The summed E-state index contributed by atoms with van der Waals surface area (Å²) in [5.74, 6) is 1.30. The molecule has 1 aliphatic carbocycles. The lowest BCUT2D eigenvalue weighted by Gasteiger charge is -2.19. The Morgan fingerprint density at radius 1 is 1.44 bits per heavy atom. The van der Waals surface area contributed by atoms with Crippen LogP contribution in [-0.4, -0.2) is 21.7 Å². The average Bonchev–Trinajstić information content (AvgIpc) is 2.76. The van der Waals surface area contributed by atoms with Crippen LogP contribution in [-0.2, 0) is 11.3 Å². The fourth-order valence-electron chi connectivity index (χ4n) is 2.48. The molecule has 0 atom stereocenters. The molecule has 0 aliphatic heterocycles. The smallest absolute Gasteiger partial charge is 0.157 e. The second kappa shape index (κ2) is 6.03. The summed E-state index contributed by atoms with van der Waals surface area (Å²) in [5.41, 5.74) is 0. The summed E-state index contributed by atoms with van der Waals surface area (Å²) in [5, 5.41) is 4.17. The number of nitrogens with zero attached hydrogens (tertiary/aromatic N) is 2. The second-order valence-corrected chi connectivity index (χ2v) is 5.34. The number of hydrogen-bond donors (Lipinski definition) is 0. The number of carbonyl (C=O) groups is 1. The molecule has 18 heavy (non-hydrogen) atoms. The van der Waals surface area contributed by atoms with E-state index in [4.69, 9.17) is 4.74 Å². The zero-order valence-corrected chi connectivity index (χ0v) is 11.3. The molecule has 1 heterocycles. The van der Waals surface area contributed by atoms with Gasteiger partial charge in [0.05, 0.1) is 25.0 Å². The third-order valence-corrected chi connectivity index (χ3v) is 3.36. The van der Waals surface area contributed by atoms with Crippen molar-refractivity contribution in [2.45, 2.75) is 58.6 Å². The number of carbonyl (C=O) groups excluding carboxylic acids is 1. The largest absolute Gasteiger partial charge is 0.488 e. The number of aromatic nitrogens is 2. The maximum atomic E-state index is 12.1. The summed E-state index contributed by atoms with van der Waals surface area (Å²) < 4.78 is 7.22. The van der Waals surface area contributed by atoms with Crippen molar-refractivity contribution in [3.05, 3.63) is 12.4 Å². The highest BCUT2D eigenvalue weighted by molar-refractivity contribution is 5.80. The van der Waals surface area contributed by atoms with Gasteiger partial charge in [0.15, 0.2) is 11.5 Å². The van der Waals surface area contributed by atoms with Crippen molar-refractivity contribution >= 4 is 5.78 Å². The van der Waals surface area contributed by atoms with Gasteiger partial charge in [-0.25, -0.2) is 0 Å². The average molecular weight is 250 g/mol. The van der Waals surface area contributed by atoms with E-state index in [2.05, 4.69) is 5.10 Å². The third kappa shape index (κ3) is 3.59. The van der Waals surface area contributed by atoms with Crippen LogP contribution in [0.2, 0.25) is 0 Å². The predicted molar refractivity (Wildman–Crippen MR) is 69.6 cm³/mol. The van der Waals surface area contributed by atoms with E-state index in [1.165, 1.54) is 19.3 Å². The van der Waals surface area contributed by atoms with Gasteiger partial charge in [0.2, 0.25) is 0 Å². The van der Waals surface area contributed by atoms with Gasteiger partial charge in [-0.3, -0.25) is 9.48 Å². The molecule has 1 aromatic heterocycles. The Balaban J connectivity index is 1.88. The van der Waals surface area contributed by atoms with Crippen LogP contribution < -0.4 is 4.74 Å². The summed E-state index contributed by atoms with van der Waals surface area (Å²) in [6.45, 7) is 4.33. The van der Waals surface area contributed by atoms with E-state index < -0.39 is 0 Å². The highest BCUT2D eigenvalue weighted by atomic mass is 16.5. The van der Waals surface area contributed by atoms with Crippen molar-refractivity contribution in [3.8, 4) is 5.75 Å². The van der Waals surface area contributed by atoms with Gasteiger partial charge < -0.3 is 4.74 Å². The molecule has 0 N–H and O–H groups in total. The van der Waals surface area contributed by atoms with Gasteiger partial charge in [-0.1, -0.05) is 19.3 Å². The Labute approximate surface area is 108 Å². The Morgan fingerprint density at radius 2 is 2.17 bits per heavy atom. The maximum Gasteiger partial charge on any atom is 0.157 e. The van der Waals surface area contributed by atoms with E-state index >= 15 is 0 Å². The SMILES string of the molecule is CC(C)Oc1cnn(CC(=O)C2CCCCC2)c1. The molecule has 4 nitrogen and oxygen atoms in total. The summed E-state index contributed by atoms with van der Waals surface area (Å²) in [6, 6.07) is 0. The van der Waals surface area contributed by atoms with Crippen LogP contribution in [0, 0.1) is 5.92 Å². The van der Waals surface area contributed by atoms with Gasteiger partial charge in [0.25, 0.3) is 0 Å². The summed E-state index contributed by atoms with van der Waals surface area (Å²) in [6.07, 6.45) is 9.38. The molecular formula is C14H22N2O2. The van der Waals surface area contributed by atoms with Crippen LogP contribution in [0.5, 0.6) is 5.75 Å². The highest BCUT2D eigenvalue weighted by Gasteiger charge is 2.21. The topological polar surface area (TPSA) is 44.1 Å².